The summed E-state index contributed by atoms with van der Waals surface area (Å²) in [5.74, 6) is 0.508. The average Bonchev–Trinajstić information content (AvgIpc) is 3.16. The number of aromatic hydroxyl groups is 1. The molecular weight excluding hydrogens is 448 g/mol. The van der Waals surface area contributed by atoms with Crippen LogP contribution in [0.1, 0.15) is 18.3 Å². The highest BCUT2D eigenvalue weighted by molar-refractivity contribution is 8.00. The summed E-state index contributed by atoms with van der Waals surface area (Å²) in [6.07, 6.45) is 3.14. The topological polar surface area (TPSA) is 104 Å². The van der Waals surface area contributed by atoms with Crippen molar-refractivity contribution in [3.05, 3.63) is 77.6 Å². The van der Waals surface area contributed by atoms with Gasteiger partial charge in [-0.1, -0.05) is 41.6 Å². The number of hydrogen-bond donors (Lipinski definition) is 3. The number of para-hydroxylation sites is 1. The zero-order valence-corrected chi connectivity index (χ0v) is 19.0. The molecule has 0 fully saturated rings. The van der Waals surface area contributed by atoms with Gasteiger partial charge in [0.25, 0.3) is 5.91 Å². The quantitative estimate of drug-likeness (QED) is 0.178. The molecule has 1 unspecified atom stereocenters. The molecule has 3 rings (SSSR count). The van der Waals surface area contributed by atoms with Gasteiger partial charge in [-0.05, 0) is 43.3 Å². The van der Waals surface area contributed by atoms with Crippen molar-refractivity contribution in [3.63, 3.8) is 0 Å². The lowest BCUT2D eigenvalue weighted by molar-refractivity contribution is -0.120. The summed E-state index contributed by atoms with van der Waals surface area (Å²) in [7, 11) is 0. The summed E-state index contributed by atoms with van der Waals surface area (Å²) in [4.78, 5) is 12.4. The fourth-order valence-corrected chi connectivity index (χ4v) is 3.66. The first kappa shape index (κ1) is 23.4. The van der Waals surface area contributed by atoms with Crippen molar-refractivity contribution in [2.75, 3.05) is 5.32 Å². The Morgan fingerprint density at radius 2 is 2.03 bits per heavy atom. The molecule has 3 N–H and O–H groups in total. The number of thioether (sulfide) groups is 1. The Morgan fingerprint density at radius 3 is 2.75 bits per heavy atom. The lowest BCUT2D eigenvalue weighted by atomic mass is 10.2. The van der Waals surface area contributed by atoms with Gasteiger partial charge < -0.3 is 15.0 Å². The number of anilines is 1. The maximum absolute atomic E-state index is 12.4. The lowest BCUT2D eigenvalue weighted by Gasteiger charge is -2.12. The van der Waals surface area contributed by atoms with Crippen LogP contribution in [0.15, 0.2) is 71.4 Å². The second-order valence-electron chi connectivity index (χ2n) is 6.71. The summed E-state index contributed by atoms with van der Waals surface area (Å²) in [5, 5.41) is 26.2. The number of benzene rings is 2. The maximum Gasteiger partial charge on any atom is 0.253 e. The molecule has 166 valence electrons. The highest BCUT2D eigenvalue weighted by atomic mass is 35.5. The van der Waals surface area contributed by atoms with E-state index in [9.17, 15) is 9.90 Å². The Morgan fingerprint density at radius 1 is 1.28 bits per heavy atom. The lowest BCUT2D eigenvalue weighted by Crippen LogP contribution is -2.27. The third-order valence-electron chi connectivity index (χ3n) is 4.37. The molecule has 1 atom stereocenters. The van der Waals surface area contributed by atoms with Crippen LogP contribution >= 0.6 is 23.4 Å². The van der Waals surface area contributed by atoms with Crippen LogP contribution in [0.4, 0.5) is 5.69 Å². The first-order valence-corrected chi connectivity index (χ1v) is 11.0. The zero-order valence-electron chi connectivity index (χ0n) is 17.4. The van der Waals surface area contributed by atoms with Gasteiger partial charge in [0.05, 0.1) is 18.0 Å². The van der Waals surface area contributed by atoms with Crippen molar-refractivity contribution >= 4 is 41.2 Å². The van der Waals surface area contributed by atoms with E-state index in [1.807, 2.05) is 28.8 Å². The molecule has 0 aliphatic carbocycles. The number of nitrogens with zero attached hydrogens (tertiary/aromatic N) is 4. The van der Waals surface area contributed by atoms with E-state index < -0.39 is 5.25 Å². The summed E-state index contributed by atoms with van der Waals surface area (Å²) >= 11 is 7.20. The monoisotopic (exact) mass is 470 g/mol. The molecule has 0 saturated carbocycles. The van der Waals surface area contributed by atoms with Gasteiger partial charge in [0.1, 0.15) is 5.75 Å². The number of allylic oxidation sites excluding steroid dienone is 1. The molecule has 0 bridgehead atoms. The molecule has 10 heteroatoms. The maximum atomic E-state index is 12.4. The number of phenols is 1. The average molecular weight is 471 g/mol. The molecule has 3 aromatic rings. The Hall–Kier alpha value is -3.30. The minimum absolute atomic E-state index is 0.0881. The van der Waals surface area contributed by atoms with Gasteiger partial charge in [0, 0.05) is 22.8 Å². The number of amides is 1. The number of nitrogens with one attached hydrogen (secondary N) is 2. The Kier molecular flexibility index (Phi) is 8.29. The van der Waals surface area contributed by atoms with Gasteiger partial charge in [0.2, 0.25) is 0 Å². The van der Waals surface area contributed by atoms with Gasteiger partial charge in [-0.2, -0.15) is 5.10 Å². The van der Waals surface area contributed by atoms with Gasteiger partial charge in [-0.3, -0.25) is 4.79 Å². The summed E-state index contributed by atoms with van der Waals surface area (Å²) in [5.41, 5.74) is 3.91. The van der Waals surface area contributed by atoms with E-state index >= 15 is 0 Å². The van der Waals surface area contributed by atoms with Crippen molar-refractivity contribution in [3.8, 4) is 5.75 Å². The number of carbonyl (C=O) groups is 1. The zero-order chi connectivity index (χ0) is 22.9. The molecule has 32 heavy (non-hydrogen) atoms. The summed E-state index contributed by atoms with van der Waals surface area (Å²) in [6, 6.07) is 14.1. The molecule has 0 aliphatic heterocycles. The summed E-state index contributed by atoms with van der Waals surface area (Å²) in [6.45, 7) is 6.51. The largest absolute Gasteiger partial charge is 0.507 e. The van der Waals surface area contributed by atoms with E-state index in [-0.39, 0.29) is 11.7 Å². The van der Waals surface area contributed by atoms with E-state index in [1.165, 1.54) is 18.0 Å². The van der Waals surface area contributed by atoms with Crippen molar-refractivity contribution in [2.45, 2.75) is 30.4 Å². The molecule has 0 saturated heterocycles. The molecule has 1 aromatic heterocycles. The van der Waals surface area contributed by atoms with Crippen LogP contribution in [0.5, 0.6) is 5.75 Å². The normalized spacial score (nSPS) is 11.9. The Balaban J connectivity index is 1.61. The van der Waals surface area contributed by atoms with Gasteiger partial charge in [0.15, 0.2) is 11.0 Å². The minimum atomic E-state index is -0.471. The van der Waals surface area contributed by atoms with Crippen molar-refractivity contribution < 1.29 is 9.90 Å². The smallest absolute Gasteiger partial charge is 0.253 e. The van der Waals surface area contributed by atoms with Gasteiger partial charge in [-0.25, -0.2) is 5.43 Å². The number of carbonyl (C=O) groups excluding carboxylic acids is 1. The van der Waals surface area contributed by atoms with E-state index in [4.69, 9.17) is 11.6 Å². The number of hydrogen-bond acceptors (Lipinski definition) is 7. The number of rotatable bonds is 10. The molecular formula is C22H23ClN6O2S. The first-order valence-electron chi connectivity index (χ1n) is 9.78. The van der Waals surface area contributed by atoms with Crippen molar-refractivity contribution in [1.82, 2.24) is 20.2 Å². The number of aromatic nitrogens is 3. The number of halogens is 1. The minimum Gasteiger partial charge on any atom is -0.507 e. The SMILES string of the molecule is C=CCn1c(CNc2ccc(Cl)cc2)nnc1SC(C)C(=O)N/N=C/c1ccccc1O. The third kappa shape index (κ3) is 6.35. The van der Waals surface area contributed by atoms with Crippen molar-refractivity contribution in [2.24, 2.45) is 5.10 Å². The highest BCUT2D eigenvalue weighted by Crippen LogP contribution is 2.23. The van der Waals surface area contributed by atoms with Crippen LogP contribution in [0.2, 0.25) is 5.02 Å². The predicted octanol–water partition coefficient (Wildman–Crippen LogP) is 4.07. The molecule has 0 aliphatic rings. The molecule has 0 radical (unpaired) electrons. The van der Waals surface area contributed by atoms with Crippen LogP contribution in [0.25, 0.3) is 0 Å². The Bertz CT molecular complexity index is 1100. The van der Waals surface area contributed by atoms with Crippen LogP contribution in [-0.2, 0) is 17.9 Å². The van der Waals surface area contributed by atoms with Crippen LogP contribution in [0.3, 0.4) is 0 Å². The molecule has 1 amide bonds. The molecule has 8 nitrogen and oxygen atoms in total. The molecule has 2 aromatic carbocycles. The van der Waals surface area contributed by atoms with E-state index in [1.54, 1.807) is 37.3 Å². The van der Waals surface area contributed by atoms with E-state index in [0.29, 0.717) is 34.7 Å². The van der Waals surface area contributed by atoms with Crippen LogP contribution in [0, 0.1) is 0 Å². The second kappa shape index (κ2) is 11.4. The second-order valence-corrected chi connectivity index (χ2v) is 8.46. The molecule has 1 heterocycles. The predicted molar refractivity (Wildman–Crippen MR) is 128 cm³/mol. The third-order valence-corrected chi connectivity index (χ3v) is 5.70. The van der Waals surface area contributed by atoms with E-state index in [0.717, 1.165) is 5.69 Å². The van der Waals surface area contributed by atoms with E-state index in [2.05, 4.69) is 32.6 Å². The van der Waals surface area contributed by atoms with Crippen LogP contribution in [-0.4, -0.2) is 37.2 Å². The molecule has 0 spiro atoms. The summed E-state index contributed by atoms with van der Waals surface area (Å²) < 4.78 is 1.90. The first-order chi connectivity index (χ1) is 15.5. The standard InChI is InChI=1S/C22H23ClN6O2S/c1-3-12-29-20(14-24-18-10-8-17(23)9-11-18)26-28-22(29)32-15(2)21(31)27-25-13-16-6-4-5-7-19(16)30/h3-11,13,15,24,30H,1,12,14H2,2H3,(H,27,31)/b25-13+. The Labute approximate surface area is 195 Å². The number of phenolic OH excluding ortho intramolecular Hbond substituents is 1. The number of hydrazone groups is 1. The fourth-order valence-electron chi connectivity index (χ4n) is 2.66. The highest BCUT2D eigenvalue weighted by Gasteiger charge is 2.19. The fraction of sp³-hybridized carbons (Fsp3) is 0.182. The van der Waals surface area contributed by atoms with Crippen molar-refractivity contribution in [1.29, 1.82) is 0 Å². The van der Waals surface area contributed by atoms with Gasteiger partial charge >= 0.3 is 0 Å². The van der Waals surface area contributed by atoms with Gasteiger partial charge in [-0.15, -0.1) is 16.8 Å². The van der Waals surface area contributed by atoms with Crippen LogP contribution < -0.4 is 10.7 Å².